The number of amides is 1. The van der Waals surface area contributed by atoms with Gasteiger partial charge in [-0.1, -0.05) is 0 Å². The molecule has 0 aliphatic heterocycles. The van der Waals surface area contributed by atoms with Crippen molar-refractivity contribution in [2.24, 2.45) is 5.73 Å². The predicted molar refractivity (Wildman–Crippen MR) is 53.1 cm³/mol. The average Bonchev–Trinajstić information content (AvgIpc) is 2.70. The monoisotopic (exact) mass is 222 g/mol. The minimum atomic E-state index is -1.67. The molecule has 0 saturated carbocycles. The highest BCUT2D eigenvalue weighted by Crippen LogP contribution is 2.17. The normalized spacial score (nSPS) is 14.9. The maximum atomic E-state index is 10.7. The number of fused-ring (bicyclic) bond motifs is 1. The second-order valence-corrected chi connectivity index (χ2v) is 3.26. The number of rotatable bonds is 3. The molecule has 16 heavy (non-hydrogen) atoms. The molecule has 2 aromatic rings. The van der Waals surface area contributed by atoms with E-state index in [-0.39, 0.29) is 5.69 Å². The fourth-order valence-corrected chi connectivity index (χ4v) is 1.38. The minimum absolute atomic E-state index is 0.259. The summed E-state index contributed by atoms with van der Waals surface area (Å²) in [6.45, 7) is 0. The van der Waals surface area contributed by atoms with Crippen LogP contribution in [0.3, 0.4) is 0 Å². The molecule has 2 atom stereocenters. The van der Waals surface area contributed by atoms with Crippen LogP contribution in [0.5, 0.6) is 0 Å². The van der Waals surface area contributed by atoms with Crippen molar-refractivity contribution in [1.82, 2.24) is 14.4 Å². The lowest BCUT2D eigenvalue weighted by Gasteiger charge is -2.13. The number of carbonyl (C=O) groups excluding carboxylic acids is 1. The van der Waals surface area contributed by atoms with Gasteiger partial charge in [-0.15, -0.1) is 0 Å². The van der Waals surface area contributed by atoms with Crippen molar-refractivity contribution in [3.8, 4) is 0 Å². The van der Waals surface area contributed by atoms with Crippen molar-refractivity contribution >= 4 is 11.7 Å². The molecule has 84 valence electrons. The van der Waals surface area contributed by atoms with E-state index in [0.717, 1.165) is 0 Å². The molecule has 0 aromatic carbocycles. The van der Waals surface area contributed by atoms with E-state index in [0.29, 0.717) is 5.78 Å². The van der Waals surface area contributed by atoms with E-state index in [4.69, 9.17) is 5.73 Å². The molecule has 0 aliphatic carbocycles. The third-order valence-electron chi connectivity index (χ3n) is 2.21. The standard InChI is InChI=1S/C9H10N4O3/c10-8(16)7(15)6(14)5-4-12-9-11-2-1-3-13(5)9/h1-4,6-7,14-15H,(H2,10,16). The zero-order valence-electron chi connectivity index (χ0n) is 8.19. The van der Waals surface area contributed by atoms with E-state index in [9.17, 15) is 15.0 Å². The Hall–Kier alpha value is -1.99. The number of aliphatic hydroxyl groups is 2. The van der Waals surface area contributed by atoms with Crippen molar-refractivity contribution in [3.63, 3.8) is 0 Å². The molecule has 2 unspecified atom stereocenters. The molecule has 2 aromatic heterocycles. The third kappa shape index (κ3) is 1.62. The fraction of sp³-hybridized carbons (Fsp3) is 0.222. The van der Waals surface area contributed by atoms with Gasteiger partial charge in [-0.3, -0.25) is 9.20 Å². The summed E-state index contributed by atoms with van der Waals surface area (Å²) in [7, 11) is 0. The summed E-state index contributed by atoms with van der Waals surface area (Å²) >= 11 is 0. The predicted octanol–water partition coefficient (Wildman–Crippen LogP) is -1.39. The second kappa shape index (κ2) is 3.87. The largest absolute Gasteiger partial charge is 0.384 e. The van der Waals surface area contributed by atoms with Gasteiger partial charge in [0.15, 0.2) is 6.10 Å². The first-order chi connectivity index (χ1) is 7.61. The van der Waals surface area contributed by atoms with Crippen LogP contribution in [-0.4, -0.2) is 36.6 Å². The Kier molecular flexibility index (Phi) is 2.55. The van der Waals surface area contributed by atoms with Crippen LogP contribution in [0.2, 0.25) is 0 Å². The number of primary amides is 1. The molecular weight excluding hydrogens is 212 g/mol. The summed E-state index contributed by atoms with van der Waals surface area (Å²) in [5.41, 5.74) is 5.15. The van der Waals surface area contributed by atoms with E-state index < -0.39 is 18.1 Å². The lowest BCUT2D eigenvalue weighted by atomic mass is 10.1. The summed E-state index contributed by atoms with van der Waals surface area (Å²) in [6.07, 6.45) is 1.40. The van der Waals surface area contributed by atoms with E-state index in [1.165, 1.54) is 10.6 Å². The van der Waals surface area contributed by atoms with E-state index in [2.05, 4.69) is 9.97 Å². The number of nitrogens with zero attached hydrogens (tertiary/aromatic N) is 3. The van der Waals surface area contributed by atoms with Crippen LogP contribution in [-0.2, 0) is 4.79 Å². The van der Waals surface area contributed by atoms with Gasteiger partial charge in [-0.25, -0.2) is 9.97 Å². The minimum Gasteiger partial charge on any atom is -0.384 e. The topological polar surface area (TPSA) is 114 Å². The van der Waals surface area contributed by atoms with Gasteiger partial charge in [0.25, 0.3) is 0 Å². The van der Waals surface area contributed by atoms with Crippen LogP contribution >= 0.6 is 0 Å². The number of imidazole rings is 1. The molecular formula is C9H10N4O3. The number of aliphatic hydroxyl groups excluding tert-OH is 2. The van der Waals surface area contributed by atoms with Crippen LogP contribution in [0.4, 0.5) is 0 Å². The second-order valence-electron chi connectivity index (χ2n) is 3.26. The molecule has 2 heterocycles. The number of nitrogens with two attached hydrogens (primary N) is 1. The molecule has 0 bridgehead atoms. The Morgan fingerprint density at radius 3 is 2.88 bits per heavy atom. The maximum absolute atomic E-state index is 10.7. The molecule has 0 spiro atoms. The number of hydrogen-bond donors (Lipinski definition) is 3. The number of hydrogen-bond acceptors (Lipinski definition) is 5. The summed E-state index contributed by atoms with van der Waals surface area (Å²) in [6, 6.07) is 1.64. The van der Waals surface area contributed by atoms with Crippen LogP contribution in [0, 0.1) is 0 Å². The molecule has 0 fully saturated rings. The Labute approximate surface area is 90.2 Å². The number of carbonyl (C=O) groups is 1. The quantitative estimate of drug-likeness (QED) is 0.591. The smallest absolute Gasteiger partial charge is 0.249 e. The molecule has 4 N–H and O–H groups in total. The summed E-state index contributed by atoms with van der Waals surface area (Å²) in [4.78, 5) is 18.6. The summed E-state index contributed by atoms with van der Waals surface area (Å²) < 4.78 is 1.47. The SMILES string of the molecule is NC(=O)C(O)C(O)c1cnc2ncccn12. The first kappa shape index (κ1) is 10.5. The van der Waals surface area contributed by atoms with Gasteiger partial charge in [-0.05, 0) is 6.07 Å². The average molecular weight is 222 g/mol. The first-order valence-electron chi connectivity index (χ1n) is 4.54. The zero-order chi connectivity index (χ0) is 11.7. The Balaban J connectivity index is 2.44. The zero-order valence-corrected chi connectivity index (χ0v) is 8.19. The van der Waals surface area contributed by atoms with Crippen molar-refractivity contribution in [2.75, 3.05) is 0 Å². The van der Waals surface area contributed by atoms with Crippen LogP contribution in [0.25, 0.3) is 5.78 Å². The third-order valence-corrected chi connectivity index (χ3v) is 2.21. The van der Waals surface area contributed by atoms with E-state index in [1.807, 2.05) is 0 Å². The highest BCUT2D eigenvalue weighted by atomic mass is 16.3. The molecule has 0 aliphatic rings. The van der Waals surface area contributed by atoms with E-state index >= 15 is 0 Å². The molecule has 7 nitrogen and oxygen atoms in total. The van der Waals surface area contributed by atoms with Gasteiger partial charge < -0.3 is 15.9 Å². The van der Waals surface area contributed by atoms with Gasteiger partial charge in [0.1, 0.15) is 6.10 Å². The van der Waals surface area contributed by atoms with Crippen LogP contribution < -0.4 is 5.73 Å². The van der Waals surface area contributed by atoms with Gasteiger partial charge in [-0.2, -0.15) is 0 Å². The van der Waals surface area contributed by atoms with Gasteiger partial charge in [0.05, 0.1) is 11.9 Å². The molecule has 7 heteroatoms. The summed E-state index contributed by atoms with van der Waals surface area (Å²) in [5, 5.41) is 19.0. The lowest BCUT2D eigenvalue weighted by Crippen LogP contribution is -2.34. The number of aromatic nitrogens is 3. The molecule has 2 rings (SSSR count). The Morgan fingerprint density at radius 2 is 2.19 bits per heavy atom. The summed E-state index contributed by atoms with van der Waals surface area (Å²) in [5.74, 6) is -0.625. The van der Waals surface area contributed by atoms with Crippen molar-refractivity contribution < 1.29 is 15.0 Å². The van der Waals surface area contributed by atoms with Crippen molar-refractivity contribution in [2.45, 2.75) is 12.2 Å². The molecule has 0 saturated heterocycles. The van der Waals surface area contributed by atoms with Crippen LogP contribution in [0.1, 0.15) is 11.8 Å². The first-order valence-corrected chi connectivity index (χ1v) is 4.54. The fourth-order valence-electron chi connectivity index (χ4n) is 1.38. The van der Waals surface area contributed by atoms with Crippen molar-refractivity contribution in [3.05, 3.63) is 30.4 Å². The Morgan fingerprint density at radius 1 is 1.44 bits per heavy atom. The van der Waals surface area contributed by atoms with E-state index in [1.54, 1.807) is 18.5 Å². The molecule has 0 radical (unpaired) electrons. The maximum Gasteiger partial charge on any atom is 0.249 e. The highest BCUT2D eigenvalue weighted by molar-refractivity contribution is 5.79. The lowest BCUT2D eigenvalue weighted by molar-refractivity contribution is -0.132. The highest BCUT2D eigenvalue weighted by Gasteiger charge is 2.26. The van der Waals surface area contributed by atoms with Crippen molar-refractivity contribution in [1.29, 1.82) is 0 Å². The van der Waals surface area contributed by atoms with Gasteiger partial charge >= 0.3 is 0 Å². The van der Waals surface area contributed by atoms with Gasteiger partial charge in [0, 0.05) is 12.4 Å². The Bertz CT molecular complexity index is 524. The molecule has 1 amide bonds. The van der Waals surface area contributed by atoms with Crippen LogP contribution in [0.15, 0.2) is 24.7 Å². The van der Waals surface area contributed by atoms with Gasteiger partial charge in [0.2, 0.25) is 11.7 Å².